The van der Waals surface area contributed by atoms with Gasteiger partial charge in [-0.05, 0) is 62.8 Å². The maximum Gasteiger partial charge on any atom is 0.333 e. The zero-order valence-corrected chi connectivity index (χ0v) is 21.6. The molecular weight excluding hydrogens is 502 g/mol. The fourth-order valence-corrected chi connectivity index (χ4v) is 5.51. The Balaban J connectivity index is 1.21. The Hall–Kier alpha value is -4.11. The first-order chi connectivity index (χ1) is 18.5. The minimum atomic E-state index is -0.145. The van der Waals surface area contributed by atoms with Crippen LogP contribution in [0.3, 0.4) is 0 Å². The molecule has 0 atom stereocenters. The Morgan fingerprint density at radius 1 is 1.00 bits per heavy atom. The maximum atomic E-state index is 13.7. The third-order valence-electron chi connectivity index (χ3n) is 7.32. The third-order valence-corrected chi connectivity index (χ3v) is 7.53. The lowest BCUT2D eigenvalue weighted by Gasteiger charge is -2.29. The highest BCUT2D eigenvalue weighted by Crippen LogP contribution is 2.28. The number of nitrogens with one attached hydrogen (secondary N) is 1. The number of hydrogen-bond donors (Lipinski definition) is 1. The van der Waals surface area contributed by atoms with Crippen LogP contribution in [0.2, 0.25) is 5.02 Å². The van der Waals surface area contributed by atoms with Crippen molar-refractivity contribution >= 4 is 39.7 Å². The van der Waals surface area contributed by atoms with Gasteiger partial charge in [0.1, 0.15) is 5.52 Å². The van der Waals surface area contributed by atoms with Crippen molar-refractivity contribution in [2.75, 3.05) is 0 Å². The summed E-state index contributed by atoms with van der Waals surface area (Å²) >= 11 is 6.04. The van der Waals surface area contributed by atoms with Gasteiger partial charge in [-0.2, -0.15) is 0 Å². The Kier molecular flexibility index (Phi) is 6.37. The second-order valence-electron chi connectivity index (χ2n) is 9.79. The van der Waals surface area contributed by atoms with Crippen molar-refractivity contribution in [3.63, 3.8) is 0 Å². The zero-order chi connectivity index (χ0) is 26.2. The van der Waals surface area contributed by atoms with Crippen LogP contribution in [0.4, 0.5) is 0 Å². The van der Waals surface area contributed by atoms with E-state index in [0.29, 0.717) is 45.6 Å². The molecule has 6 rings (SSSR count). The molecule has 1 aliphatic carbocycles. The number of benzene rings is 1. The van der Waals surface area contributed by atoms with Gasteiger partial charge in [-0.15, -0.1) is 0 Å². The molecule has 0 aliphatic heterocycles. The molecule has 1 aliphatic rings. The number of hydrogen-bond acceptors (Lipinski definition) is 6. The number of nitrogens with zero attached hydrogens (tertiary/aromatic N) is 6. The fraction of sp³-hybridized carbons (Fsp3) is 0.286. The Morgan fingerprint density at radius 3 is 2.58 bits per heavy atom. The second-order valence-corrected chi connectivity index (χ2v) is 10.2. The maximum absolute atomic E-state index is 13.7. The van der Waals surface area contributed by atoms with Crippen LogP contribution in [0.1, 0.15) is 41.7 Å². The number of pyridine rings is 2. The molecule has 0 saturated heterocycles. The van der Waals surface area contributed by atoms with E-state index in [0.717, 1.165) is 36.7 Å². The van der Waals surface area contributed by atoms with E-state index in [4.69, 9.17) is 11.6 Å². The summed E-state index contributed by atoms with van der Waals surface area (Å²) in [4.78, 5) is 43.7. The van der Waals surface area contributed by atoms with Crippen molar-refractivity contribution in [1.82, 2.24) is 34.4 Å². The lowest BCUT2D eigenvalue weighted by atomic mass is 9.85. The van der Waals surface area contributed by atoms with Gasteiger partial charge >= 0.3 is 5.69 Å². The predicted octanol–water partition coefficient (Wildman–Crippen LogP) is 4.48. The summed E-state index contributed by atoms with van der Waals surface area (Å²) in [6.07, 6.45) is 9.96. The van der Waals surface area contributed by atoms with E-state index in [1.165, 1.54) is 0 Å². The molecule has 0 bridgehead atoms. The molecule has 1 aromatic carbocycles. The van der Waals surface area contributed by atoms with Crippen LogP contribution in [0.25, 0.3) is 27.9 Å². The van der Waals surface area contributed by atoms with Gasteiger partial charge in [0.2, 0.25) is 0 Å². The normalized spacial score (nSPS) is 17.6. The molecule has 9 nitrogen and oxygen atoms in total. The number of amides is 1. The topological polar surface area (TPSA) is 108 Å². The number of halogens is 1. The number of aromatic nitrogens is 6. The van der Waals surface area contributed by atoms with Crippen LogP contribution < -0.4 is 11.0 Å². The van der Waals surface area contributed by atoms with Crippen LogP contribution in [-0.2, 0) is 6.54 Å². The van der Waals surface area contributed by atoms with Gasteiger partial charge in [0, 0.05) is 31.2 Å². The highest BCUT2D eigenvalue weighted by molar-refractivity contribution is 6.30. The van der Waals surface area contributed by atoms with Gasteiger partial charge in [0.25, 0.3) is 5.91 Å². The van der Waals surface area contributed by atoms with Crippen molar-refractivity contribution in [1.29, 1.82) is 0 Å². The quantitative estimate of drug-likeness (QED) is 0.361. The Bertz CT molecular complexity index is 1720. The predicted molar refractivity (Wildman–Crippen MR) is 146 cm³/mol. The summed E-state index contributed by atoms with van der Waals surface area (Å²) in [7, 11) is 0. The first-order valence-electron chi connectivity index (χ1n) is 12.7. The molecule has 4 aromatic heterocycles. The molecule has 38 heavy (non-hydrogen) atoms. The fourth-order valence-electron chi connectivity index (χ4n) is 5.35. The largest absolute Gasteiger partial charge is 0.349 e. The zero-order valence-electron chi connectivity index (χ0n) is 20.8. The lowest BCUT2D eigenvalue weighted by molar-refractivity contribution is 0.0919. The van der Waals surface area contributed by atoms with Gasteiger partial charge in [-0.1, -0.05) is 23.7 Å². The van der Waals surface area contributed by atoms with Crippen molar-refractivity contribution in [2.24, 2.45) is 5.92 Å². The van der Waals surface area contributed by atoms with E-state index in [-0.39, 0.29) is 17.6 Å². The van der Waals surface area contributed by atoms with Crippen LogP contribution in [0.15, 0.2) is 66.0 Å². The number of fused-ring (bicyclic) bond motifs is 2. The van der Waals surface area contributed by atoms with Gasteiger partial charge in [-0.3, -0.25) is 23.9 Å². The van der Waals surface area contributed by atoms with Crippen molar-refractivity contribution in [3.8, 4) is 5.69 Å². The molecule has 5 aromatic rings. The highest BCUT2D eigenvalue weighted by atomic mass is 35.5. The van der Waals surface area contributed by atoms with Crippen LogP contribution >= 0.6 is 11.6 Å². The smallest absolute Gasteiger partial charge is 0.333 e. The van der Waals surface area contributed by atoms with E-state index in [2.05, 4.69) is 25.3 Å². The molecule has 1 saturated carbocycles. The van der Waals surface area contributed by atoms with E-state index < -0.39 is 0 Å². The number of carbonyl (C=O) groups excluding carboxylic acids is 1. The van der Waals surface area contributed by atoms with Crippen LogP contribution in [0.5, 0.6) is 0 Å². The van der Waals surface area contributed by atoms with Crippen molar-refractivity contribution < 1.29 is 4.79 Å². The van der Waals surface area contributed by atoms with E-state index >= 15 is 0 Å². The molecule has 0 radical (unpaired) electrons. The number of carbonyl (C=O) groups is 1. The van der Waals surface area contributed by atoms with Gasteiger partial charge in [0.15, 0.2) is 5.65 Å². The minimum Gasteiger partial charge on any atom is -0.349 e. The van der Waals surface area contributed by atoms with Gasteiger partial charge < -0.3 is 5.32 Å². The molecular formula is C28H26ClN7O2. The SMILES string of the molecule is Cc1ncc(Cl)cc1C(=O)N[C@H]1CC[C@H](Cn2c(=O)n(-c3cnc4nccnc4c3)c3ccccc32)CC1. The first-order valence-corrected chi connectivity index (χ1v) is 13.1. The highest BCUT2D eigenvalue weighted by Gasteiger charge is 2.26. The van der Waals surface area contributed by atoms with E-state index in [1.54, 1.807) is 42.3 Å². The molecule has 192 valence electrons. The molecule has 1 amide bonds. The molecule has 10 heteroatoms. The third kappa shape index (κ3) is 4.54. The number of aryl methyl sites for hydroxylation is 1. The first kappa shape index (κ1) is 24.2. The Labute approximate surface area is 223 Å². The monoisotopic (exact) mass is 527 g/mol. The molecule has 4 heterocycles. The molecule has 1 N–H and O–H groups in total. The molecule has 1 fully saturated rings. The number of imidazole rings is 1. The van der Waals surface area contributed by atoms with Crippen LogP contribution in [0, 0.1) is 12.8 Å². The number of rotatable bonds is 5. The summed E-state index contributed by atoms with van der Waals surface area (Å²) in [5.74, 6) is 0.184. The van der Waals surface area contributed by atoms with Crippen molar-refractivity contribution in [3.05, 3.63) is 87.9 Å². The summed E-state index contributed by atoms with van der Waals surface area (Å²) < 4.78 is 3.56. The number of para-hydroxylation sites is 2. The molecule has 0 unspecified atom stereocenters. The average molecular weight is 528 g/mol. The van der Waals surface area contributed by atoms with Crippen molar-refractivity contribution in [2.45, 2.75) is 45.2 Å². The van der Waals surface area contributed by atoms with Crippen LogP contribution in [-0.4, -0.2) is 41.0 Å². The van der Waals surface area contributed by atoms with Gasteiger partial charge in [0.05, 0.1) is 39.2 Å². The van der Waals surface area contributed by atoms with E-state index in [9.17, 15) is 9.59 Å². The standard InChI is InChI=1S/C28H26ClN7O2/c1-17-22(12-19(29)14-32-17)27(37)34-20-8-6-18(7-9-20)16-35-24-4-2-3-5-25(24)36(28(35)38)21-13-23-26(33-15-21)31-11-10-30-23/h2-5,10-15,18,20H,6-9,16H2,1H3,(H,34,37)/t18-,20-. The molecule has 0 spiro atoms. The average Bonchev–Trinajstić information content (AvgIpc) is 3.21. The van der Waals surface area contributed by atoms with Gasteiger partial charge in [-0.25, -0.2) is 14.8 Å². The summed E-state index contributed by atoms with van der Waals surface area (Å²) in [6, 6.07) is 11.4. The minimum absolute atomic E-state index is 0.0833. The summed E-state index contributed by atoms with van der Waals surface area (Å²) in [5, 5.41) is 3.59. The lowest BCUT2D eigenvalue weighted by Crippen LogP contribution is -2.39. The Morgan fingerprint density at radius 2 is 1.76 bits per heavy atom. The second kappa shape index (κ2) is 9.98. The summed E-state index contributed by atoms with van der Waals surface area (Å²) in [6.45, 7) is 2.42. The summed E-state index contributed by atoms with van der Waals surface area (Å²) in [5.41, 5.74) is 4.62. The van der Waals surface area contributed by atoms with E-state index in [1.807, 2.05) is 34.9 Å².